The second-order valence-electron chi connectivity index (χ2n) is 8.78. The van der Waals surface area contributed by atoms with Crippen LogP contribution in [0.25, 0.3) is 16.9 Å². The van der Waals surface area contributed by atoms with E-state index in [-0.39, 0.29) is 21.2 Å². The molecule has 1 aliphatic carbocycles. The van der Waals surface area contributed by atoms with Gasteiger partial charge < -0.3 is 16.8 Å². The number of nitrogen functional groups attached to an aromatic ring is 1. The van der Waals surface area contributed by atoms with Crippen molar-refractivity contribution >= 4 is 44.6 Å². The average Bonchev–Trinajstić information content (AvgIpc) is 3.25. The molecule has 0 saturated carbocycles. The van der Waals surface area contributed by atoms with Gasteiger partial charge >= 0.3 is 0 Å². The van der Waals surface area contributed by atoms with Crippen LogP contribution in [0.5, 0.6) is 0 Å². The first-order valence-corrected chi connectivity index (χ1v) is 13.5. The number of amides is 2. The summed E-state index contributed by atoms with van der Waals surface area (Å²) in [5.41, 5.74) is 16.4. The molecule has 0 atom stereocenters. The summed E-state index contributed by atoms with van der Waals surface area (Å²) >= 11 is 6.19. The van der Waals surface area contributed by atoms with Crippen molar-refractivity contribution in [2.45, 2.75) is 17.7 Å². The van der Waals surface area contributed by atoms with Gasteiger partial charge in [-0.3, -0.25) is 9.59 Å². The predicted molar refractivity (Wildman–Crippen MR) is 142 cm³/mol. The minimum absolute atomic E-state index is 0.147. The Morgan fingerprint density at radius 3 is 2.43 bits per heavy atom. The van der Waals surface area contributed by atoms with E-state index in [4.69, 9.17) is 23.1 Å². The molecule has 11 heteroatoms. The van der Waals surface area contributed by atoms with E-state index in [1.54, 1.807) is 41.1 Å². The lowest BCUT2D eigenvalue weighted by molar-refractivity contribution is 0.0992. The van der Waals surface area contributed by atoms with Crippen LogP contribution >= 0.6 is 11.6 Å². The second-order valence-corrected chi connectivity index (χ2v) is 11.2. The smallest absolute Gasteiger partial charge is 0.269 e. The number of benzene rings is 3. The van der Waals surface area contributed by atoms with Gasteiger partial charge in [0.25, 0.3) is 11.8 Å². The molecular weight excluding hydrogens is 514 g/mol. The molecule has 0 bridgehead atoms. The summed E-state index contributed by atoms with van der Waals surface area (Å²) in [5.74, 6) is -1.08. The maximum Gasteiger partial charge on any atom is 0.269 e. The highest BCUT2D eigenvalue weighted by molar-refractivity contribution is 7.90. The summed E-state index contributed by atoms with van der Waals surface area (Å²) in [6.07, 6.45) is 2.33. The van der Waals surface area contributed by atoms with Crippen LogP contribution in [0.4, 0.5) is 11.4 Å². The molecule has 1 aliphatic rings. The van der Waals surface area contributed by atoms with Crippen LogP contribution in [-0.2, 0) is 22.7 Å². The largest absolute Gasteiger partial charge is 0.399 e. The third-order valence-electron chi connectivity index (χ3n) is 6.23. The topological polar surface area (TPSA) is 150 Å². The summed E-state index contributed by atoms with van der Waals surface area (Å²) in [5, 5.41) is 7.61. The van der Waals surface area contributed by atoms with Crippen molar-refractivity contribution in [1.29, 1.82) is 0 Å². The van der Waals surface area contributed by atoms with Gasteiger partial charge in [-0.2, -0.15) is 5.10 Å². The molecule has 2 amide bonds. The summed E-state index contributed by atoms with van der Waals surface area (Å²) in [6, 6.07) is 16.4. The molecule has 0 spiro atoms. The zero-order valence-corrected chi connectivity index (χ0v) is 21.2. The lowest BCUT2D eigenvalue weighted by Crippen LogP contribution is -2.16. The van der Waals surface area contributed by atoms with Gasteiger partial charge in [0, 0.05) is 28.8 Å². The van der Waals surface area contributed by atoms with Crippen molar-refractivity contribution in [2.75, 3.05) is 17.3 Å². The molecule has 9 nitrogen and oxygen atoms in total. The Kier molecular flexibility index (Phi) is 6.01. The van der Waals surface area contributed by atoms with Crippen molar-refractivity contribution in [3.63, 3.8) is 0 Å². The van der Waals surface area contributed by atoms with Crippen LogP contribution in [0.1, 0.15) is 32.0 Å². The van der Waals surface area contributed by atoms with E-state index in [9.17, 15) is 18.0 Å². The van der Waals surface area contributed by atoms with Gasteiger partial charge in [-0.1, -0.05) is 17.7 Å². The number of hydrogen-bond donors (Lipinski definition) is 3. The van der Waals surface area contributed by atoms with Gasteiger partial charge in [0.05, 0.1) is 26.9 Å². The van der Waals surface area contributed by atoms with Crippen LogP contribution in [0.2, 0.25) is 5.02 Å². The first-order valence-electron chi connectivity index (χ1n) is 11.2. The second kappa shape index (κ2) is 9.06. The molecule has 1 aromatic heterocycles. The number of sulfone groups is 1. The molecule has 5 rings (SSSR count). The normalized spacial score (nSPS) is 12.5. The van der Waals surface area contributed by atoms with Crippen LogP contribution < -0.4 is 16.8 Å². The number of carbonyl (C=O) groups is 2. The SMILES string of the molecule is CS(=O)(=O)c1ccc(-n2nc(C(N)=O)c3c2-c2cc(NC(=O)c4cc(N)ccc4Cl)ccc2CC3)cc1. The third-order valence-corrected chi connectivity index (χ3v) is 7.69. The number of primary amides is 1. The Morgan fingerprint density at radius 1 is 1.03 bits per heavy atom. The fraction of sp³-hybridized carbons (Fsp3) is 0.115. The summed E-state index contributed by atoms with van der Waals surface area (Å²) in [4.78, 5) is 25.3. The van der Waals surface area contributed by atoms with E-state index >= 15 is 0 Å². The molecule has 37 heavy (non-hydrogen) atoms. The zero-order chi connectivity index (χ0) is 26.5. The number of fused-ring (bicyclic) bond motifs is 3. The number of hydrogen-bond acceptors (Lipinski definition) is 6. The van der Waals surface area contributed by atoms with E-state index < -0.39 is 21.7 Å². The molecule has 4 aromatic rings. The number of anilines is 2. The summed E-state index contributed by atoms with van der Waals surface area (Å²) < 4.78 is 25.4. The Balaban J connectivity index is 1.60. The van der Waals surface area contributed by atoms with E-state index in [0.717, 1.165) is 17.4 Å². The number of nitrogens with zero attached hydrogens (tertiary/aromatic N) is 2. The Bertz CT molecular complexity index is 1690. The number of carbonyl (C=O) groups excluding carboxylic acids is 2. The van der Waals surface area contributed by atoms with E-state index in [1.807, 2.05) is 6.07 Å². The van der Waals surface area contributed by atoms with Crippen molar-refractivity contribution in [3.05, 3.63) is 88.1 Å². The summed E-state index contributed by atoms with van der Waals surface area (Å²) in [7, 11) is -3.38. The highest BCUT2D eigenvalue weighted by Crippen LogP contribution is 2.38. The minimum Gasteiger partial charge on any atom is -0.399 e. The Labute approximate surface area is 218 Å². The highest BCUT2D eigenvalue weighted by atomic mass is 35.5. The minimum atomic E-state index is -3.38. The van der Waals surface area contributed by atoms with Crippen LogP contribution in [0, 0.1) is 0 Å². The van der Waals surface area contributed by atoms with E-state index in [0.29, 0.717) is 41.2 Å². The monoisotopic (exact) mass is 535 g/mol. The van der Waals surface area contributed by atoms with Gasteiger partial charge in [-0.05, 0) is 73.0 Å². The Morgan fingerprint density at radius 2 is 1.76 bits per heavy atom. The maximum atomic E-state index is 12.9. The molecule has 188 valence electrons. The first-order chi connectivity index (χ1) is 17.5. The fourth-order valence-corrected chi connectivity index (χ4v) is 5.28. The molecule has 3 aromatic carbocycles. The molecule has 0 fully saturated rings. The number of aromatic nitrogens is 2. The summed E-state index contributed by atoms with van der Waals surface area (Å²) in [6.45, 7) is 0. The molecule has 0 aliphatic heterocycles. The third kappa shape index (κ3) is 4.56. The molecule has 0 saturated heterocycles. The van der Waals surface area contributed by atoms with Gasteiger partial charge in [0.15, 0.2) is 15.5 Å². The lowest BCUT2D eigenvalue weighted by atomic mass is 9.88. The van der Waals surface area contributed by atoms with Crippen LogP contribution in [0.3, 0.4) is 0 Å². The first kappa shape index (κ1) is 24.5. The maximum absolute atomic E-state index is 12.9. The average molecular weight is 536 g/mol. The molecule has 5 N–H and O–H groups in total. The quantitative estimate of drug-likeness (QED) is 0.332. The molecule has 0 unspecified atom stereocenters. The number of rotatable bonds is 5. The number of aryl methyl sites for hydroxylation is 1. The van der Waals surface area contributed by atoms with Crippen molar-refractivity contribution in [2.24, 2.45) is 5.73 Å². The van der Waals surface area contributed by atoms with Gasteiger partial charge in [0.2, 0.25) is 0 Å². The molecule has 1 heterocycles. The molecular formula is C26H22ClN5O4S. The number of nitrogens with two attached hydrogens (primary N) is 2. The van der Waals surface area contributed by atoms with Gasteiger partial charge in [0.1, 0.15) is 0 Å². The van der Waals surface area contributed by atoms with Gasteiger partial charge in [-0.15, -0.1) is 0 Å². The van der Waals surface area contributed by atoms with Crippen LogP contribution in [-0.4, -0.2) is 36.3 Å². The van der Waals surface area contributed by atoms with E-state index in [2.05, 4.69) is 10.4 Å². The Hall–Kier alpha value is -4.15. The zero-order valence-electron chi connectivity index (χ0n) is 19.7. The highest BCUT2D eigenvalue weighted by Gasteiger charge is 2.28. The predicted octanol–water partition coefficient (Wildman–Crippen LogP) is 3.63. The molecule has 0 radical (unpaired) electrons. The number of nitrogens with one attached hydrogen (secondary N) is 1. The standard InChI is InChI=1S/C26H22ClN5O4S/c1-37(35,36)18-8-6-17(7-9-18)32-24-19(23(31-32)25(29)33)10-3-14-2-5-16(13-20(14)24)30-26(34)21-12-15(28)4-11-22(21)27/h2,4-9,11-13H,3,10,28H2,1H3,(H2,29,33)(H,30,34). The number of halogens is 1. The van der Waals surface area contributed by atoms with Crippen molar-refractivity contribution in [3.8, 4) is 16.9 Å². The van der Waals surface area contributed by atoms with Crippen LogP contribution in [0.15, 0.2) is 65.6 Å². The lowest BCUT2D eigenvalue weighted by Gasteiger charge is -2.20. The van der Waals surface area contributed by atoms with Gasteiger partial charge in [-0.25, -0.2) is 13.1 Å². The van der Waals surface area contributed by atoms with Crippen molar-refractivity contribution in [1.82, 2.24) is 9.78 Å². The van der Waals surface area contributed by atoms with Crippen molar-refractivity contribution < 1.29 is 18.0 Å². The fourth-order valence-electron chi connectivity index (χ4n) is 4.45. The van der Waals surface area contributed by atoms with E-state index in [1.165, 1.54) is 18.2 Å².